The first kappa shape index (κ1) is 10.6. The van der Waals surface area contributed by atoms with Crippen molar-refractivity contribution in [3.8, 4) is 16.9 Å². The number of nitrogens with two attached hydrogens (primary N) is 1. The molecule has 2 heteroatoms. The van der Waals surface area contributed by atoms with Crippen LogP contribution >= 0.6 is 0 Å². The summed E-state index contributed by atoms with van der Waals surface area (Å²) in [5.41, 5.74) is 11.2. The maximum atomic E-state index is 9.27. The molecular weight excluding hydrogens is 198 g/mol. The van der Waals surface area contributed by atoms with Crippen LogP contribution in [0.2, 0.25) is 0 Å². The van der Waals surface area contributed by atoms with E-state index in [-0.39, 0.29) is 5.75 Å². The van der Waals surface area contributed by atoms with E-state index in [9.17, 15) is 5.11 Å². The van der Waals surface area contributed by atoms with Crippen molar-refractivity contribution < 1.29 is 5.11 Å². The van der Waals surface area contributed by atoms with Crippen LogP contribution in [-0.4, -0.2) is 5.11 Å². The fourth-order valence-electron chi connectivity index (χ4n) is 1.94. The summed E-state index contributed by atoms with van der Waals surface area (Å²) >= 11 is 0. The third-order valence-electron chi connectivity index (χ3n) is 2.87. The fraction of sp³-hybridized carbons (Fsp3) is 0.143. The van der Waals surface area contributed by atoms with Crippen LogP contribution in [0.1, 0.15) is 11.1 Å². The van der Waals surface area contributed by atoms with Crippen molar-refractivity contribution in [3.05, 3.63) is 47.5 Å². The Morgan fingerprint density at radius 3 is 2.19 bits per heavy atom. The number of phenols is 1. The highest BCUT2D eigenvalue weighted by atomic mass is 16.3. The molecule has 0 aliphatic heterocycles. The van der Waals surface area contributed by atoms with Crippen LogP contribution in [0.15, 0.2) is 36.4 Å². The van der Waals surface area contributed by atoms with Crippen molar-refractivity contribution in [3.63, 3.8) is 0 Å². The van der Waals surface area contributed by atoms with E-state index in [4.69, 9.17) is 5.73 Å². The maximum Gasteiger partial charge on any atom is 0.115 e. The second kappa shape index (κ2) is 3.89. The van der Waals surface area contributed by atoms with Gasteiger partial charge in [-0.2, -0.15) is 0 Å². The van der Waals surface area contributed by atoms with Gasteiger partial charge in [0.2, 0.25) is 0 Å². The largest absolute Gasteiger partial charge is 0.508 e. The third-order valence-corrected chi connectivity index (χ3v) is 2.87. The maximum absolute atomic E-state index is 9.27. The van der Waals surface area contributed by atoms with Gasteiger partial charge in [-0.1, -0.05) is 18.2 Å². The van der Waals surface area contributed by atoms with Crippen molar-refractivity contribution in [1.29, 1.82) is 0 Å². The zero-order valence-corrected chi connectivity index (χ0v) is 9.49. The van der Waals surface area contributed by atoms with E-state index in [1.165, 1.54) is 5.56 Å². The Bertz CT molecular complexity index is 515. The summed E-state index contributed by atoms with van der Waals surface area (Å²) in [5, 5.41) is 9.27. The minimum Gasteiger partial charge on any atom is -0.508 e. The molecule has 0 radical (unpaired) electrons. The molecule has 2 rings (SSSR count). The van der Waals surface area contributed by atoms with Gasteiger partial charge < -0.3 is 10.8 Å². The Morgan fingerprint density at radius 1 is 0.938 bits per heavy atom. The first-order valence-electron chi connectivity index (χ1n) is 5.24. The molecule has 0 amide bonds. The Balaban J connectivity index is 2.63. The molecule has 0 saturated carbocycles. The molecule has 3 N–H and O–H groups in total. The molecule has 0 aromatic heterocycles. The normalized spacial score (nSPS) is 10.4. The lowest BCUT2D eigenvalue weighted by molar-refractivity contribution is 0.475. The summed E-state index contributed by atoms with van der Waals surface area (Å²) < 4.78 is 0. The summed E-state index contributed by atoms with van der Waals surface area (Å²) in [6, 6.07) is 11.1. The van der Waals surface area contributed by atoms with Crippen LogP contribution < -0.4 is 5.73 Å². The van der Waals surface area contributed by atoms with Gasteiger partial charge in [0.05, 0.1) is 0 Å². The van der Waals surface area contributed by atoms with E-state index in [2.05, 4.69) is 6.92 Å². The number of aromatic hydroxyl groups is 1. The predicted molar refractivity (Wildman–Crippen MR) is 67.4 cm³/mol. The van der Waals surface area contributed by atoms with Gasteiger partial charge in [-0.25, -0.2) is 0 Å². The summed E-state index contributed by atoms with van der Waals surface area (Å²) in [5.74, 6) is 0.281. The number of anilines is 1. The van der Waals surface area contributed by atoms with Crippen molar-refractivity contribution in [1.82, 2.24) is 0 Å². The summed E-state index contributed by atoms with van der Waals surface area (Å²) in [6.07, 6.45) is 0. The molecule has 0 atom stereocenters. The zero-order chi connectivity index (χ0) is 11.7. The number of hydrogen-bond donors (Lipinski definition) is 2. The monoisotopic (exact) mass is 213 g/mol. The number of benzene rings is 2. The zero-order valence-electron chi connectivity index (χ0n) is 9.49. The van der Waals surface area contributed by atoms with Crippen LogP contribution in [0, 0.1) is 13.8 Å². The lowest BCUT2D eigenvalue weighted by atomic mass is 9.95. The van der Waals surface area contributed by atoms with Gasteiger partial charge in [-0.3, -0.25) is 0 Å². The molecule has 82 valence electrons. The van der Waals surface area contributed by atoms with Gasteiger partial charge in [0.15, 0.2) is 0 Å². The van der Waals surface area contributed by atoms with E-state index in [0.717, 1.165) is 22.4 Å². The van der Waals surface area contributed by atoms with E-state index in [1.807, 2.05) is 31.2 Å². The van der Waals surface area contributed by atoms with Crippen LogP contribution in [0.5, 0.6) is 5.75 Å². The summed E-state index contributed by atoms with van der Waals surface area (Å²) in [6.45, 7) is 4.08. The molecule has 0 aliphatic rings. The minimum absolute atomic E-state index is 0.281. The molecule has 0 fully saturated rings. The second-order valence-corrected chi connectivity index (χ2v) is 4.02. The van der Waals surface area contributed by atoms with Crippen LogP contribution in [0.3, 0.4) is 0 Å². The SMILES string of the molecule is Cc1ccc(N)c(C)c1-c1ccc(O)cc1. The lowest BCUT2D eigenvalue weighted by Gasteiger charge is -2.12. The average molecular weight is 213 g/mol. The fourth-order valence-corrected chi connectivity index (χ4v) is 1.94. The predicted octanol–water partition coefficient (Wildman–Crippen LogP) is 3.26. The van der Waals surface area contributed by atoms with Gasteiger partial charge in [-0.05, 0) is 54.3 Å². The number of nitrogen functional groups attached to an aromatic ring is 1. The van der Waals surface area contributed by atoms with Crippen LogP contribution in [0.25, 0.3) is 11.1 Å². The average Bonchev–Trinajstić information content (AvgIpc) is 2.27. The van der Waals surface area contributed by atoms with Crippen molar-refractivity contribution in [2.45, 2.75) is 13.8 Å². The van der Waals surface area contributed by atoms with Gasteiger partial charge in [0.25, 0.3) is 0 Å². The molecule has 0 unspecified atom stereocenters. The van der Waals surface area contributed by atoms with E-state index in [0.29, 0.717) is 0 Å². The standard InChI is InChI=1S/C14H15NO/c1-9-3-8-13(15)10(2)14(9)11-4-6-12(16)7-5-11/h3-8,16H,15H2,1-2H3. The highest BCUT2D eigenvalue weighted by Gasteiger charge is 2.07. The Labute approximate surface area is 95.4 Å². The van der Waals surface area contributed by atoms with Crippen molar-refractivity contribution in [2.75, 3.05) is 5.73 Å². The number of aryl methyl sites for hydroxylation is 1. The number of phenolic OH excluding ortho intramolecular Hbond substituents is 1. The Morgan fingerprint density at radius 2 is 1.56 bits per heavy atom. The summed E-state index contributed by atoms with van der Waals surface area (Å²) in [4.78, 5) is 0. The molecular formula is C14H15NO. The van der Waals surface area contributed by atoms with Gasteiger partial charge >= 0.3 is 0 Å². The van der Waals surface area contributed by atoms with Crippen LogP contribution in [0.4, 0.5) is 5.69 Å². The molecule has 2 aromatic carbocycles. The third kappa shape index (κ3) is 1.74. The summed E-state index contributed by atoms with van der Waals surface area (Å²) in [7, 11) is 0. The number of rotatable bonds is 1. The Kier molecular flexibility index (Phi) is 2.57. The topological polar surface area (TPSA) is 46.2 Å². The van der Waals surface area contributed by atoms with Gasteiger partial charge in [-0.15, -0.1) is 0 Å². The van der Waals surface area contributed by atoms with Gasteiger partial charge in [0.1, 0.15) is 5.75 Å². The molecule has 0 heterocycles. The molecule has 0 spiro atoms. The van der Waals surface area contributed by atoms with Gasteiger partial charge in [0, 0.05) is 5.69 Å². The molecule has 0 saturated heterocycles. The molecule has 0 bridgehead atoms. The molecule has 16 heavy (non-hydrogen) atoms. The van der Waals surface area contributed by atoms with E-state index in [1.54, 1.807) is 12.1 Å². The smallest absolute Gasteiger partial charge is 0.115 e. The van der Waals surface area contributed by atoms with E-state index >= 15 is 0 Å². The van der Waals surface area contributed by atoms with E-state index < -0.39 is 0 Å². The molecule has 2 nitrogen and oxygen atoms in total. The quantitative estimate of drug-likeness (QED) is 0.714. The first-order chi connectivity index (χ1) is 7.59. The highest BCUT2D eigenvalue weighted by Crippen LogP contribution is 2.31. The van der Waals surface area contributed by atoms with Crippen LogP contribution in [-0.2, 0) is 0 Å². The molecule has 0 aliphatic carbocycles. The highest BCUT2D eigenvalue weighted by molar-refractivity contribution is 5.76. The second-order valence-electron chi connectivity index (χ2n) is 4.02. The molecule has 2 aromatic rings. The number of hydrogen-bond acceptors (Lipinski definition) is 2. The van der Waals surface area contributed by atoms with Crippen molar-refractivity contribution in [2.24, 2.45) is 0 Å². The lowest BCUT2D eigenvalue weighted by Crippen LogP contribution is -1.94. The first-order valence-corrected chi connectivity index (χ1v) is 5.24. The minimum atomic E-state index is 0.281. The van der Waals surface area contributed by atoms with Crippen molar-refractivity contribution >= 4 is 5.69 Å². The Hall–Kier alpha value is -1.96.